The molecule has 0 aliphatic heterocycles. The molecule has 2 rings (SSSR count). The molecule has 0 aliphatic carbocycles. The summed E-state index contributed by atoms with van der Waals surface area (Å²) in [6.07, 6.45) is 0. The van der Waals surface area contributed by atoms with Gasteiger partial charge in [-0.05, 0) is 12.1 Å². The summed E-state index contributed by atoms with van der Waals surface area (Å²) in [6.45, 7) is 0. The maximum Gasteiger partial charge on any atom is 0.290 e. The van der Waals surface area contributed by atoms with Gasteiger partial charge in [-0.25, -0.2) is 0 Å². The van der Waals surface area contributed by atoms with E-state index in [2.05, 4.69) is 0 Å². The van der Waals surface area contributed by atoms with E-state index in [0.29, 0.717) is 0 Å². The van der Waals surface area contributed by atoms with E-state index in [-0.39, 0.29) is 22.6 Å². The number of nitrogens with zero attached hydrogens (tertiary/aromatic N) is 4. The zero-order valence-electron chi connectivity index (χ0n) is 11.3. The summed E-state index contributed by atoms with van der Waals surface area (Å²) >= 11 is 0. The summed E-state index contributed by atoms with van der Waals surface area (Å²) in [5.41, 5.74) is -1.61. The highest BCUT2D eigenvalue weighted by molar-refractivity contribution is 5.61. The Labute approximate surface area is 128 Å². The van der Waals surface area contributed by atoms with Crippen LogP contribution in [0.15, 0.2) is 36.4 Å². The van der Waals surface area contributed by atoms with E-state index in [1.807, 2.05) is 0 Å². The molecule has 0 aliphatic rings. The van der Waals surface area contributed by atoms with Crippen molar-refractivity contribution in [2.75, 3.05) is 0 Å². The molecule has 0 N–H and O–H groups in total. The van der Waals surface area contributed by atoms with E-state index in [1.165, 1.54) is 24.3 Å². The monoisotopic (exact) mass is 310 g/mol. The lowest BCUT2D eigenvalue weighted by molar-refractivity contribution is -0.385. The lowest BCUT2D eigenvalue weighted by atomic mass is 10.1. The fourth-order valence-corrected chi connectivity index (χ4v) is 1.86. The molecule has 0 bridgehead atoms. The number of rotatable bonds is 4. The van der Waals surface area contributed by atoms with Crippen LogP contribution in [0.4, 0.5) is 11.4 Å². The Morgan fingerprint density at radius 3 is 1.52 bits per heavy atom. The predicted molar refractivity (Wildman–Crippen MR) is 75.7 cm³/mol. The van der Waals surface area contributed by atoms with Crippen LogP contribution < -0.4 is 4.74 Å². The number of nitro benzene ring substituents is 2. The van der Waals surface area contributed by atoms with E-state index in [9.17, 15) is 20.2 Å². The third-order valence-corrected chi connectivity index (χ3v) is 2.85. The summed E-state index contributed by atoms with van der Waals surface area (Å²) in [5.74, 6) is -0.336. The van der Waals surface area contributed by atoms with Gasteiger partial charge in [0.25, 0.3) is 11.4 Å². The van der Waals surface area contributed by atoms with Crippen molar-refractivity contribution in [3.05, 3.63) is 67.8 Å². The van der Waals surface area contributed by atoms with Crippen LogP contribution >= 0.6 is 0 Å². The normalized spacial score (nSPS) is 9.48. The van der Waals surface area contributed by atoms with Crippen molar-refractivity contribution in [1.29, 1.82) is 10.5 Å². The number of nitro groups is 2. The van der Waals surface area contributed by atoms with E-state index in [4.69, 9.17) is 15.3 Å². The van der Waals surface area contributed by atoms with Crippen LogP contribution in [0.2, 0.25) is 0 Å². The van der Waals surface area contributed by atoms with Gasteiger partial charge in [-0.1, -0.05) is 12.1 Å². The van der Waals surface area contributed by atoms with Crippen LogP contribution in [0, 0.1) is 42.9 Å². The van der Waals surface area contributed by atoms with Gasteiger partial charge >= 0.3 is 0 Å². The average Bonchev–Trinajstić information content (AvgIpc) is 2.54. The zero-order valence-corrected chi connectivity index (χ0v) is 11.3. The third-order valence-electron chi connectivity index (χ3n) is 2.85. The number of ether oxygens (including phenoxy) is 1. The molecule has 0 amide bonds. The van der Waals surface area contributed by atoms with Crippen molar-refractivity contribution >= 4 is 11.4 Å². The van der Waals surface area contributed by atoms with Crippen LogP contribution in [0.5, 0.6) is 11.5 Å². The Morgan fingerprint density at radius 2 is 1.22 bits per heavy atom. The summed E-state index contributed by atoms with van der Waals surface area (Å²) in [7, 11) is 0. The lowest BCUT2D eigenvalue weighted by Gasteiger charge is -2.08. The molecule has 0 aromatic heterocycles. The Hall–Kier alpha value is -3.98. The first-order valence-electron chi connectivity index (χ1n) is 6.02. The topological polar surface area (TPSA) is 143 Å². The second-order valence-electron chi connectivity index (χ2n) is 4.14. The minimum atomic E-state index is -0.746. The smallest absolute Gasteiger partial charge is 0.290 e. The minimum absolute atomic E-state index is 0.168. The van der Waals surface area contributed by atoms with Crippen LogP contribution in [0.3, 0.4) is 0 Å². The van der Waals surface area contributed by atoms with Gasteiger partial charge in [-0.3, -0.25) is 20.2 Å². The van der Waals surface area contributed by atoms with Gasteiger partial charge in [0.05, 0.1) is 9.85 Å². The second kappa shape index (κ2) is 6.20. The minimum Gasteiger partial charge on any atom is -0.454 e. The molecule has 0 saturated carbocycles. The van der Waals surface area contributed by atoms with Crippen molar-refractivity contribution < 1.29 is 14.6 Å². The molecule has 0 saturated heterocycles. The molecule has 112 valence electrons. The van der Waals surface area contributed by atoms with Crippen molar-refractivity contribution in [3.63, 3.8) is 0 Å². The van der Waals surface area contributed by atoms with E-state index >= 15 is 0 Å². The highest BCUT2D eigenvalue weighted by atomic mass is 16.6. The average molecular weight is 310 g/mol. The largest absolute Gasteiger partial charge is 0.454 e. The molecule has 2 aromatic rings. The molecule has 0 heterocycles. The number of hydrogen-bond acceptors (Lipinski definition) is 7. The Kier molecular flexibility index (Phi) is 4.15. The molecule has 2 aromatic carbocycles. The van der Waals surface area contributed by atoms with Gasteiger partial charge < -0.3 is 4.74 Å². The fraction of sp³-hybridized carbons (Fsp3) is 0. The number of nitriles is 2. The molecular formula is C14H6N4O5. The maximum atomic E-state index is 10.9. The molecule has 0 radical (unpaired) electrons. The first-order chi connectivity index (χ1) is 11.0. The molecular weight excluding hydrogens is 304 g/mol. The molecule has 0 fully saturated rings. The highest BCUT2D eigenvalue weighted by Crippen LogP contribution is 2.35. The van der Waals surface area contributed by atoms with Gasteiger partial charge in [0.1, 0.15) is 12.1 Å². The molecule has 0 atom stereocenters. The quantitative estimate of drug-likeness (QED) is 0.623. The maximum absolute atomic E-state index is 10.9. The second-order valence-corrected chi connectivity index (χ2v) is 4.14. The van der Waals surface area contributed by atoms with Crippen molar-refractivity contribution in [2.24, 2.45) is 0 Å². The first-order valence-corrected chi connectivity index (χ1v) is 6.02. The summed E-state index contributed by atoms with van der Waals surface area (Å²) < 4.78 is 5.35. The van der Waals surface area contributed by atoms with Gasteiger partial charge in [0.2, 0.25) is 0 Å². The van der Waals surface area contributed by atoms with Crippen LogP contribution in [-0.4, -0.2) is 9.85 Å². The molecule has 0 unspecified atom stereocenters. The summed E-state index contributed by atoms with van der Waals surface area (Å²) in [4.78, 5) is 20.3. The van der Waals surface area contributed by atoms with Gasteiger partial charge in [0, 0.05) is 12.1 Å². The third kappa shape index (κ3) is 2.89. The van der Waals surface area contributed by atoms with Gasteiger partial charge in [0.15, 0.2) is 22.6 Å². The molecule has 9 heteroatoms. The van der Waals surface area contributed by atoms with Crippen LogP contribution in [0.25, 0.3) is 0 Å². The van der Waals surface area contributed by atoms with Crippen LogP contribution in [0.1, 0.15) is 11.1 Å². The number of benzene rings is 2. The Morgan fingerprint density at radius 1 is 0.826 bits per heavy atom. The van der Waals surface area contributed by atoms with E-state index in [0.717, 1.165) is 12.1 Å². The van der Waals surface area contributed by atoms with Crippen molar-refractivity contribution in [2.45, 2.75) is 0 Å². The predicted octanol–water partition coefficient (Wildman–Crippen LogP) is 3.04. The first kappa shape index (κ1) is 15.4. The fourth-order valence-electron chi connectivity index (χ4n) is 1.86. The molecule has 23 heavy (non-hydrogen) atoms. The van der Waals surface area contributed by atoms with Crippen LogP contribution in [-0.2, 0) is 0 Å². The standard InChI is InChI=1S/C14H6N4O5/c15-7-9-11(17(19)20)3-1-5-13(9)23-14-6-2-4-12(18(21)22)10(14)8-16/h1-6H. The molecule has 9 nitrogen and oxygen atoms in total. The van der Waals surface area contributed by atoms with Crippen molar-refractivity contribution in [3.8, 4) is 23.6 Å². The summed E-state index contributed by atoms with van der Waals surface area (Å²) in [6, 6.07) is 10.8. The van der Waals surface area contributed by atoms with Crippen molar-refractivity contribution in [1.82, 2.24) is 0 Å². The zero-order chi connectivity index (χ0) is 17.0. The lowest BCUT2D eigenvalue weighted by Crippen LogP contribution is -1.98. The van der Waals surface area contributed by atoms with E-state index in [1.54, 1.807) is 12.1 Å². The van der Waals surface area contributed by atoms with E-state index < -0.39 is 21.2 Å². The van der Waals surface area contributed by atoms with Gasteiger partial charge in [-0.2, -0.15) is 10.5 Å². The number of hydrogen-bond donors (Lipinski definition) is 0. The highest BCUT2D eigenvalue weighted by Gasteiger charge is 2.22. The summed E-state index contributed by atoms with van der Waals surface area (Å²) in [5, 5.41) is 40.0. The van der Waals surface area contributed by atoms with Gasteiger partial charge in [-0.15, -0.1) is 0 Å². The Balaban J connectivity index is 2.58. The Bertz CT molecular complexity index is 822. The SMILES string of the molecule is N#Cc1c(Oc2cccc([N+](=O)[O-])c2C#N)cccc1[N+](=O)[O-]. The molecule has 0 spiro atoms.